The summed E-state index contributed by atoms with van der Waals surface area (Å²) in [6.07, 6.45) is 0.660. The smallest absolute Gasteiger partial charge is 0.211 e. The van der Waals surface area contributed by atoms with Crippen molar-refractivity contribution in [3.8, 4) is 0 Å². The zero-order chi connectivity index (χ0) is 13.5. The molecule has 104 valence electrons. The Kier molecular flexibility index (Phi) is 7.28. The minimum Gasteiger partial charge on any atom is -0.317 e. The maximum Gasteiger partial charge on any atom is 0.211 e. The van der Waals surface area contributed by atoms with Crippen molar-refractivity contribution < 1.29 is 8.42 Å². The van der Waals surface area contributed by atoms with Crippen LogP contribution < -0.4 is 10.0 Å². The Morgan fingerprint density at radius 2 is 1.82 bits per heavy atom. The molecule has 0 amide bonds. The van der Waals surface area contributed by atoms with Gasteiger partial charge in [-0.1, -0.05) is 34.6 Å². The van der Waals surface area contributed by atoms with Crippen LogP contribution in [0.1, 0.15) is 41.0 Å². The van der Waals surface area contributed by atoms with Crippen molar-refractivity contribution in [2.24, 2.45) is 11.3 Å². The van der Waals surface area contributed by atoms with Crippen LogP contribution >= 0.6 is 0 Å². The summed E-state index contributed by atoms with van der Waals surface area (Å²) in [5.41, 5.74) is 0.131. The Morgan fingerprint density at radius 3 is 2.29 bits per heavy atom. The third-order valence-corrected chi connectivity index (χ3v) is 4.54. The average molecular weight is 264 g/mol. The Bertz CT molecular complexity index is 294. The molecule has 0 bridgehead atoms. The standard InChI is InChI=1S/C12H28N2O2S/c1-6-13-8-7-9-17(15,16)14-10-11(2)12(3,4)5/h11,13-14H,6-10H2,1-5H3. The summed E-state index contributed by atoms with van der Waals surface area (Å²) in [5, 5.41) is 3.12. The minimum atomic E-state index is -3.11. The lowest BCUT2D eigenvalue weighted by Gasteiger charge is -2.27. The minimum absolute atomic E-state index is 0.131. The molecule has 0 saturated carbocycles. The predicted molar refractivity (Wildman–Crippen MR) is 73.6 cm³/mol. The van der Waals surface area contributed by atoms with E-state index in [0.717, 1.165) is 13.1 Å². The monoisotopic (exact) mass is 264 g/mol. The van der Waals surface area contributed by atoms with Crippen LogP contribution in [0.4, 0.5) is 0 Å². The summed E-state index contributed by atoms with van der Waals surface area (Å²) < 4.78 is 26.1. The van der Waals surface area contributed by atoms with Crippen LogP contribution in [0.25, 0.3) is 0 Å². The van der Waals surface area contributed by atoms with Crippen molar-refractivity contribution in [1.29, 1.82) is 0 Å². The molecule has 0 spiro atoms. The van der Waals surface area contributed by atoms with Crippen molar-refractivity contribution in [2.75, 3.05) is 25.4 Å². The molecular weight excluding hydrogens is 236 g/mol. The Balaban J connectivity index is 3.94. The molecule has 0 aliphatic rings. The van der Waals surface area contributed by atoms with E-state index in [2.05, 4.69) is 37.7 Å². The highest BCUT2D eigenvalue weighted by molar-refractivity contribution is 7.89. The molecule has 0 aromatic rings. The molecule has 0 saturated heterocycles. The van der Waals surface area contributed by atoms with Gasteiger partial charge in [0.05, 0.1) is 5.75 Å². The Morgan fingerprint density at radius 1 is 1.24 bits per heavy atom. The van der Waals surface area contributed by atoms with Crippen LogP contribution in [-0.2, 0) is 10.0 Å². The van der Waals surface area contributed by atoms with E-state index in [-0.39, 0.29) is 11.2 Å². The molecule has 0 aromatic heterocycles. The van der Waals surface area contributed by atoms with E-state index in [9.17, 15) is 8.42 Å². The fourth-order valence-corrected chi connectivity index (χ4v) is 2.37. The molecule has 5 heteroatoms. The van der Waals surface area contributed by atoms with Gasteiger partial charge in [-0.2, -0.15) is 0 Å². The van der Waals surface area contributed by atoms with Crippen molar-refractivity contribution in [3.05, 3.63) is 0 Å². The number of sulfonamides is 1. The van der Waals surface area contributed by atoms with Crippen molar-refractivity contribution in [3.63, 3.8) is 0 Å². The quantitative estimate of drug-likeness (QED) is 0.655. The molecule has 0 heterocycles. The summed E-state index contributed by atoms with van der Waals surface area (Å²) in [4.78, 5) is 0. The van der Waals surface area contributed by atoms with Gasteiger partial charge in [0.2, 0.25) is 10.0 Å². The van der Waals surface area contributed by atoms with E-state index in [4.69, 9.17) is 0 Å². The predicted octanol–water partition coefficient (Wildman–Crippen LogP) is 1.59. The van der Waals surface area contributed by atoms with Gasteiger partial charge in [0.1, 0.15) is 0 Å². The summed E-state index contributed by atoms with van der Waals surface area (Å²) in [6, 6.07) is 0. The fourth-order valence-electron chi connectivity index (χ4n) is 1.19. The Labute approximate surface area is 107 Å². The lowest BCUT2D eigenvalue weighted by atomic mass is 9.82. The molecule has 0 radical (unpaired) electrons. The highest BCUT2D eigenvalue weighted by atomic mass is 32.2. The molecule has 0 fully saturated rings. The van der Waals surface area contributed by atoms with Gasteiger partial charge in [-0.3, -0.25) is 0 Å². The summed E-state index contributed by atoms with van der Waals surface area (Å²) in [6.45, 7) is 12.6. The van der Waals surface area contributed by atoms with Gasteiger partial charge < -0.3 is 5.32 Å². The maximum atomic E-state index is 11.7. The average Bonchev–Trinajstić information content (AvgIpc) is 2.20. The summed E-state index contributed by atoms with van der Waals surface area (Å²) in [7, 11) is -3.11. The second kappa shape index (κ2) is 7.34. The van der Waals surface area contributed by atoms with E-state index >= 15 is 0 Å². The Hall–Kier alpha value is -0.130. The molecular formula is C12H28N2O2S. The second-order valence-corrected chi connectivity index (χ2v) is 7.57. The zero-order valence-electron chi connectivity index (χ0n) is 11.8. The highest BCUT2D eigenvalue weighted by Gasteiger charge is 2.21. The number of hydrogen-bond donors (Lipinski definition) is 2. The number of rotatable bonds is 8. The van der Waals surface area contributed by atoms with E-state index in [1.807, 2.05) is 6.92 Å². The number of nitrogens with one attached hydrogen (secondary N) is 2. The first-order valence-electron chi connectivity index (χ1n) is 6.37. The van der Waals surface area contributed by atoms with Gasteiger partial charge in [0, 0.05) is 6.54 Å². The SMILES string of the molecule is CCNCCCS(=O)(=O)NCC(C)C(C)(C)C. The van der Waals surface area contributed by atoms with Crippen LogP contribution in [0.5, 0.6) is 0 Å². The molecule has 0 aliphatic carbocycles. The number of hydrogen-bond acceptors (Lipinski definition) is 3. The highest BCUT2D eigenvalue weighted by Crippen LogP contribution is 2.24. The molecule has 0 aromatic carbocycles. The van der Waals surface area contributed by atoms with Crippen molar-refractivity contribution >= 4 is 10.0 Å². The van der Waals surface area contributed by atoms with Gasteiger partial charge in [-0.15, -0.1) is 0 Å². The van der Waals surface area contributed by atoms with Crippen LogP contribution in [0.15, 0.2) is 0 Å². The second-order valence-electron chi connectivity index (χ2n) is 5.64. The molecule has 4 nitrogen and oxygen atoms in total. The lowest BCUT2D eigenvalue weighted by molar-refractivity contribution is 0.263. The normalized spacial score (nSPS) is 14.9. The topological polar surface area (TPSA) is 58.2 Å². The van der Waals surface area contributed by atoms with Crippen LogP contribution in [0, 0.1) is 11.3 Å². The fraction of sp³-hybridized carbons (Fsp3) is 1.00. The van der Waals surface area contributed by atoms with Crippen LogP contribution in [0.2, 0.25) is 0 Å². The molecule has 0 rings (SSSR count). The van der Waals surface area contributed by atoms with Gasteiger partial charge in [-0.25, -0.2) is 13.1 Å². The van der Waals surface area contributed by atoms with Gasteiger partial charge in [0.15, 0.2) is 0 Å². The van der Waals surface area contributed by atoms with E-state index in [0.29, 0.717) is 18.9 Å². The van der Waals surface area contributed by atoms with Gasteiger partial charge in [0.25, 0.3) is 0 Å². The third-order valence-electron chi connectivity index (χ3n) is 3.10. The maximum absolute atomic E-state index is 11.7. The van der Waals surface area contributed by atoms with Crippen molar-refractivity contribution in [2.45, 2.75) is 41.0 Å². The van der Waals surface area contributed by atoms with E-state index < -0.39 is 10.0 Å². The molecule has 1 atom stereocenters. The summed E-state index contributed by atoms with van der Waals surface area (Å²) >= 11 is 0. The molecule has 0 aliphatic heterocycles. The first-order chi connectivity index (χ1) is 7.69. The van der Waals surface area contributed by atoms with Gasteiger partial charge >= 0.3 is 0 Å². The van der Waals surface area contributed by atoms with Crippen molar-refractivity contribution in [1.82, 2.24) is 10.0 Å². The van der Waals surface area contributed by atoms with Crippen LogP contribution in [0.3, 0.4) is 0 Å². The summed E-state index contributed by atoms with van der Waals surface area (Å²) in [5.74, 6) is 0.530. The molecule has 1 unspecified atom stereocenters. The van der Waals surface area contributed by atoms with E-state index in [1.54, 1.807) is 0 Å². The lowest BCUT2D eigenvalue weighted by Crippen LogP contribution is -2.35. The zero-order valence-corrected chi connectivity index (χ0v) is 12.7. The molecule has 17 heavy (non-hydrogen) atoms. The van der Waals surface area contributed by atoms with Gasteiger partial charge in [-0.05, 0) is 30.8 Å². The van der Waals surface area contributed by atoms with Crippen LogP contribution in [-0.4, -0.2) is 33.8 Å². The molecule has 2 N–H and O–H groups in total. The largest absolute Gasteiger partial charge is 0.317 e. The third kappa shape index (κ3) is 8.57. The first kappa shape index (κ1) is 16.9. The van der Waals surface area contributed by atoms with E-state index in [1.165, 1.54) is 0 Å². The first-order valence-corrected chi connectivity index (χ1v) is 8.02.